The van der Waals surface area contributed by atoms with Crippen molar-refractivity contribution in [3.63, 3.8) is 0 Å². The summed E-state index contributed by atoms with van der Waals surface area (Å²) in [5.41, 5.74) is 0. The fourth-order valence-corrected chi connectivity index (χ4v) is 0.941. The molecule has 76 valence electrons. The van der Waals surface area contributed by atoms with E-state index >= 15 is 0 Å². The summed E-state index contributed by atoms with van der Waals surface area (Å²) in [5, 5.41) is 14.3. The number of hydrogen-bond donors (Lipinski definition) is 2. The molecule has 0 aliphatic rings. The molecule has 6 nitrogen and oxygen atoms in total. The lowest BCUT2D eigenvalue weighted by atomic mass is 10.2. The first kappa shape index (κ1) is 10.2. The molecule has 0 fully saturated rings. The molecule has 1 aromatic rings. The van der Waals surface area contributed by atoms with Gasteiger partial charge in [0.05, 0.1) is 12.6 Å². The lowest BCUT2D eigenvalue weighted by Crippen LogP contribution is -2.33. The Kier molecular flexibility index (Phi) is 3.22. The minimum Gasteiger partial charge on any atom is -0.481 e. The van der Waals surface area contributed by atoms with Crippen LogP contribution in [0.1, 0.15) is 23.9 Å². The number of hydrogen-bond acceptors (Lipinski definition) is 4. The van der Waals surface area contributed by atoms with Crippen LogP contribution in [0.2, 0.25) is 0 Å². The zero-order chi connectivity index (χ0) is 10.6. The van der Waals surface area contributed by atoms with Gasteiger partial charge in [-0.25, -0.2) is 0 Å². The summed E-state index contributed by atoms with van der Waals surface area (Å²) >= 11 is 0. The van der Waals surface area contributed by atoms with E-state index in [0.717, 1.165) is 0 Å². The third kappa shape index (κ3) is 2.89. The monoisotopic (exact) mass is 198 g/mol. The number of carboxylic acid groups (broad SMARTS) is 1. The minimum atomic E-state index is -0.963. The number of rotatable bonds is 4. The van der Waals surface area contributed by atoms with E-state index in [1.165, 1.54) is 12.3 Å². The Hall–Kier alpha value is -1.85. The normalized spacial score (nSPS) is 12.1. The SMILES string of the molecule is CC(CC(=O)O)NC(=O)c1ccno1. The standard InChI is InChI=1S/C8H10N2O4/c1-5(4-7(11)12)10-8(13)6-2-3-9-14-6/h2-3,5H,4H2,1H3,(H,10,13)(H,11,12). The van der Waals surface area contributed by atoms with Gasteiger partial charge < -0.3 is 14.9 Å². The van der Waals surface area contributed by atoms with Crippen LogP contribution in [0.3, 0.4) is 0 Å². The van der Waals surface area contributed by atoms with E-state index in [1.54, 1.807) is 6.92 Å². The van der Waals surface area contributed by atoms with E-state index in [4.69, 9.17) is 5.11 Å². The van der Waals surface area contributed by atoms with Gasteiger partial charge in [-0.3, -0.25) is 9.59 Å². The van der Waals surface area contributed by atoms with Crippen LogP contribution in [-0.2, 0) is 4.79 Å². The Morgan fingerprint density at radius 3 is 2.93 bits per heavy atom. The molecule has 0 spiro atoms. The summed E-state index contributed by atoms with van der Waals surface area (Å²) in [6, 6.07) is 0.966. The lowest BCUT2D eigenvalue weighted by Gasteiger charge is -2.08. The minimum absolute atomic E-state index is 0.0715. The molecule has 1 atom stereocenters. The number of nitrogens with one attached hydrogen (secondary N) is 1. The lowest BCUT2D eigenvalue weighted by molar-refractivity contribution is -0.137. The first-order chi connectivity index (χ1) is 6.59. The number of nitrogens with zero attached hydrogens (tertiary/aromatic N) is 1. The summed E-state index contributed by atoms with van der Waals surface area (Å²) in [6.07, 6.45) is 1.22. The molecule has 0 radical (unpaired) electrons. The third-order valence-corrected chi connectivity index (χ3v) is 1.52. The predicted molar refractivity (Wildman–Crippen MR) is 45.7 cm³/mol. The van der Waals surface area contributed by atoms with Crippen LogP contribution in [0, 0.1) is 0 Å². The van der Waals surface area contributed by atoms with Crippen molar-refractivity contribution in [1.82, 2.24) is 10.5 Å². The molecule has 0 saturated heterocycles. The van der Waals surface area contributed by atoms with Crippen LogP contribution in [0.4, 0.5) is 0 Å². The van der Waals surface area contributed by atoms with Crippen molar-refractivity contribution in [2.75, 3.05) is 0 Å². The second kappa shape index (κ2) is 4.40. The number of carboxylic acids is 1. The second-order valence-electron chi connectivity index (χ2n) is 2.85. The highest BCUT2D eigenvalue weighted by molar-refractivity contribution is 5.91. The van der Waals surface area contributed by atoms with Crippen molar-refractivity contribution in [1.29, 1.82) is 0 Å². The Balaban J connectivity index is 2.45. The topological polar surface area (TPSA) is 92.4 Å². The van der Waals surface area contributed by atoms with Crippen molar-refractivity contribution in [3.05, 3.63) is 18.0 Å². The van der Waals surface area contributed by atoms with E-state index in [2.05, 4.69) is 15.0 Å². The summed E-state index contributed by atoms with van der Waals surface area (Å²) in [5.74, 6) is -1.35. The van der Waals surface area contributed by atoms with Gasteiger partial charge in [0.1, 0.15) is 0 Å². The quantitative estimate of drug-likeness (QED) is 0.724. The molecule has 0 aliphatic carbocycles. The van der Waals surface area contributed by atoms with Crippen molar-refractivity contribution in [3.8, 4) is 0 Å². The number of aliphatic carboxylic acids is 1. The Morgan fingerprint density at radius 2 is 2.43 bits per heavy atom. The van der Waals surface area contributed by atoms with Crippen molar-refractivity contribution < 1.29 is 19.2 Å². The third-order valence-electron chi connectivity index (χ3n) is 1.52. The fraction of sp³-hybridized carbons (Fsp3) is 0.375. The highest BCUT2D eigenvalue weighted by atomic mass is 16.5. The molecule has 2 N–H and O–H groups in total. The summed E-state index contributed by atoms with van der Waals surface area (Å²) in [6.45, 7) is 1.60. The molecule has 1 heterocycles. The molecule has 1 rings (SSSR count). The number of aromatic nitrogens is 1. The molecular weight excluding hydrogens is 188 g/mol. The van der Waals surface area contributed by atoms with Crippen LogP contribution in [0.15, 0.2) is 16.8 Å². The van der Waals surface area contributed by atoms with Gasteiger partial charge in [-0.2, -0.15) is 0 Å². The summed E-state index contributed by atoms with van der Waals surface area (Å²) in [4.78, 5) is 21.6. The van der Waals surface area contributed by atoms with E-state index in [1.807, 2.05) is 0 Å². The number of carbonyl (C=O) groups is 2. The zero-order valence-electron chi connectivity index (χ0n) is 7.56. The first-order valence-electron chi connectivity index (χ1n) is 4.03. The molecule has 0 aromatic carbocycles. The average molecular weight is 198 g/mol. The number of amides is 1. The highest BCUT2D eigenvalue weighted by Gasteiger charge is 2.14. The van der Waals surface area contributed by atoms with Crippen molar-refractivity contribution in [2.24, 2.45) is 0 Å². The van der Waals surface area contributed by atoms with Gasteiger partial charge >= 0.3 is 5.97 Å². The maximum atomic E-state index is 11.3. The zero-order valence-corrected chi connectivity index (χ0v) is 7.56. The Bertz CT molecular complexity index is 320. The van der Waals surface area contributed by atoms with Crippen LogP contribution < -0.4 is 5.32 Å². The van der Waals surface area contributed by atoms with Crippen molar-refractivity contribution >= 4 is 11.9 Å². The smallest absolute Gasteiger partial charge is 0.305 e. The maximum Gasteiger partial charge on any atom is 0.305 e. The van der Waals surface area contributed by atoms with Crippen LogP contribution in [0.5, 0.6) is 0 Å². The predicted octanol–water partition coefficient (Wildman–Crippen LogP) is 0.268. The van der Waals surface area contributed by atoms with Gasteiger partial charge in [-0.15, -0.1) is 0 Å². The fourth-order valence-electron chi connectivity index (χ4n) is 0.941. The van der Waals surface area contributed by atoms with Crippen LogP contribution >= 0.6 is 0 Å². The van der Waals surface area contributed by atoms with E-state index in [9.17, 15) is 9.59 Å². The van der Waals surface area contributed by atoms with Gasteiger partial charge in [0.2, 0.25) is 5.76 Å². The van der Waals surface area contributed by atoms with E-state index in [0.29, 0.717) is 0 Å². The maximum absolute atomic E-state index is 11.3. The van der Waals surface area contributed by atoms with Gasteiger partial charge in [0.15, 0.2) is 0 Å². The second-order valence-corrected chi connectivity index (χ2v) is 2.85. The molecule has 14 heavy (non-hydrogen) atoms. The van der Waals surface area contributed by atoms with Crippen molar-refractivity contribution in [2.45, 2.75) is 19.4 Å². The molecular formula is C8H10N2O4. The number of carbonyl (C=O) groups excluding carboxylic acids is 1. The summed E-state index contributed by atoms with van der Waals surface area (Å²) in [7, 11) is 0. The van der Waals surface area contributed by atoms with Crippen LogP contribution in [-0.4, -0.2) is 28.2 Å². The molecule has 1 aromatic heterocycles. The first-order valence-corrected chi connectivity index (χ1v) is 4.03. The highest BCUT2D eigenvalue weighted by Crippen LogP contribution is 1.98. The van der Waals surface area contributed by atoms with Gasteiger partial charge in [-0.05, 0) is 6.92 Å². The molecule has 1 amide bonds. The van der Waals surface area contributed by atoms with Gasteiger partial charge in [0, 0.05) is 12.1 Å². The Labute approximate surface area is 79.9 Å². The molecule has 0 saturated carbocycles. The molecule has 0 bridgehead atoms. The molecule has 1 unspecified atom stereocenters. The molecule has 6 heteroatoms. The van der Waals surface area contributed by atoms with E-state index < -0.39 is 17.9 Å². The van der Waals surface area contributed by atoms with Crippen LogP contribution in [0.25, 0.3) is 0 Å². The summed E-state index contributed by atoms with van der Waals surface area (Å²) < 4.78 is 4.59. The molecule has 0 aliphatic heterocycles. The Morgan fingerprint density at radius 1 is 1.71 bits per heavy atom. The van der Waals surface area contributed by atoms with Gasteiger partial charge in [-0.1, -0.05) is 5.16 Å². The largest absolute Gasteiger partial charge is 0.481 e. The average Bonchev–Trinajstić information content (AvgIpc) is 2.53. The van der Waals surface area contributed by atoms with Gasteiger partial charge in [0.25, 0.3) is 5.91 Å². The van der Waals surface area contributed by atoms with E-state index in [-0.39, 0.29) is 12.2 Å².